The van der Waals surface area contributed by atoms with Gasteiger partial charge in [0, 0.05) is 0 Å². The number of halogens is 3. The molecule has 1 amide bonds. The maximum absolute atomic E-state index is 12.4. The number of nitrogens with zero attached hydrogens (tertiary/aromatic N) is 1. The van der Waals surface area contributed by atoms with Gasteiger partial charge in [-0.3, -0.25) is 4.90 Å². The van der Waals surface area contributed by atoms with Gasteiger partial charge in [0.2, 0.25) is 0 Å². The molecule has 2 heterocycles. The summed E-state index contributed by atoms with van der Waals surface area (Å²) in [5.74, 6) is 0. The molecule has 0 saturated carbocycles. The quantitative estimate of drug-likeness (QED) is 0.744. The van der Waals surface area contributed by atoms with Crippen LogP contribution in [0.3, 0.4) is 0 Å². The lowest BCUT2D eigenvalue weighted by molar-refractivity contribution is -0.148. The highest BCUT2D eigenvalue weighted by Crippen LogP contribution is 2.35. The molecule has 2 aliphatic rings. The van der Waals surface area contributed by atoms with Gasteiger partial charge >= 0.3 is 12.3 Å². The number of carbonyl (C=O) groups excluding carboxylic acids is 1. The van der Waals surface area contributed by atoms with Crippen molar-refractivity contribution in [2.45, 2.75) is 24.6 Å². The standard InChI is InChI=1S/C9H13F3N2O2/c10-9(11,12)5-14-7(15)16-6-8(14)1-3-13-4-2-8/h13H,1-6H2. The van der Waals surface area contributed by atoms with Crippen molar-refractivity contribution in [1.82, 2.24) is 10.2 Å². The zero-order valence-corrected chi connectivity index (χ0v) is 8.64. The second-order valence-corrected chi connectivity index (χ2v) is 4.23. The van der Waals surface area contributed by atoms with Crippen LogP contribution in [-0.4, -0.2) is 48.9 Å². The molecule has 2 rings (SSSR count). The molecule has 2 fully saturated rings. The van der Waals surface area contributed by atoms with E-state index in [1.807, 2.05) is 0 Å². The van der Waals surface area contributed by atoms with Crippen molar-refractivity contribution in [3.8, 4) is 0 Å². The van der Waals surface area contributed by atoms with Crippen LogP contribution in [0.15, 0.2) is 0 Å². The third kappa shape index (κ3) is 2.09. The number of ether oxygens (including phenoxy) is 1. The van der Waals surface area contributed by atoms with Crippen LogP contribution in [0.5, 0.6) is 0 Å². The average molecular weight is 238 g/mol. The molecule has 1 N–H and O–H groups in total. The van der Waals surface area contributed by atoms with Crippen molar-refractivity contribution in [2.24, 2.45) is 0 Å². The first-order valence-electron chi connectivity index (χ1n) is 5.15. The minimum Gasteiger partial charge on any atom is -0.447 e. The van der Waals surface area contributed by atoms with Crippen molar-refractivity contribution in [3.05, 3.63) is 0 Å². The second kappa shape index (κ2) is 3.80. The molecule has 2 aliphatic heterocycles. The first kappa shape index (κ1) is 11.5. The maximum atomic E-state index is 12.4. The SMILES string of the molecule is O=C1OCC2(CCNCC2)N1CC(F)(F)F. The first-order valence-corrected chi connectivity index (χ1v) is 5.15. The number of nitrogens with one attached hydrogen (secondary N) is 1. The molecule has 2 saturated heterocycles. The van der Waals surface area contributed by atoms with E-state index in [1.165, 1.54) is 0 Å². The predicted molar refractivity (Wildman–Crippen MR) is 48.9 cm³/mol. The number of hydrogen-bond donors (Lipinski definition) is 1. The monoisotopic (exact) mass is 238 g/mol. The predicted octanol–water partition coefficient (Wildman–Crippen LogP) is 1.12. The summed E-state index contributed by atoms with van der Waals surface area (Å²) in [5.41, 5.74) is -0.752. The van der Waals surface area contributed by atoms with Crippen LogP contribution in [-0.2, 0) is 4.74 Å². The molecule has 1 spiro atoms. The van der Waals surface area contributed by atoms with Crippen molar-refractivity contribution in [1.29, 1.82) is 0 Å². The van der Waals surface area contributed by atoms with Crippen LogP contribution in [0.2, 0.25) is 0 Å². The zero-order valence-electron chi connectivity index (χ0n) is 8.64. The zero-order chi connectivity index (χ0) is 11.8. The van der Waals surface area contributed by atoms with E-state index in [0.717, 1.165) is 4.90 Å². The van der Waals surface area contributed by atoms with Gasteiger partial charge in [-0.2, -0.15) is 13.2 Å². The Labute approximate surface area is 90.7 Å². The first-order chi connectivity index (χ1) is 7.43. The summed E-state index contributed by atoms with van der Waals surface area (Å²) in [5, 5.41) is 3.06. The normalized spacial score (nSPS) is 24.9. The summed E-state index contributed by atoms with van der Waals surface area (Å²) in [7, 11) is 0. The minimum atomic E-state index is -4.37. The summed E-state index contributed by atoms with van der Waals surface area (Å²) in [6, 6.07) is 0. The highest BCUT2D eigenvalue weighted by atomic mass is 19.4. The molecular formula is C9H13F3N2O2. The third-order valence-electron chi connectivity index (χ3n) is 3.13. The number of carbonyl (C=O) groups is 1. The molecule has 0 radical (unpaired) electrons. The number of amides is 1. The second-order valence-electron chi connectivity index (χ2n) is 4.23. The summed E-state index contributed by atoms with van der Waals surface area (Å²) < 4.78 is 41.8. The fraction of sp³-hybridized carbons (Fsp3) is 0.889. The van der Waals surface area contributed by atoms with E-state index in [2.05, 4.69) is 5.32 Å². The smallest absolute Gasteiger partial charge is 0.410 e. The third-order valence-corrected chi connectivity index (χ3v) is 3.13. The summed E-state index contributed by atoms with van der Waals surface area (Å²) in [6.07, 6.45) is -4.20. The molecular weight excluding hydrogens is 225 g/mol. The molecule has 0 atom stereocenters. The minimum absolute atomic E-state index is 0.0730. The van der Waals surface area contributed by atoms with Crippen molar-refractivity contribution < 1.29 is 22.7 Å². The van der Waals surface area contributed by atoms with Gasteiger partial charge in [0.1, 0.15) is 13.2 Å². The van der Waals surface area contributed by atoms with Gasteiger partial charge in [0.15, 0.2) is 0 Å². The lowest BCUT2D eigenvalue weighted by Gasteiger charge is -2.38. The Kier molecular flexibility index (Phi) is 2.73. The highest BCUT2D eigenvalue weighted by molar-refractivity contribution is 5.71. The largest absolute Gasteiger partial charge is 0.447 e. The van der Waals surface area contributed by atoms with Crippen LogP contribution in [0.1, 0.15) is 12.8 Å². The molecule has 0 aromatic carbocycles. The fourth-order valence-electron chi connectivity index (χ4n) is 2.26. The number of piperidine rings is 1. The van der Waals surface area contributed by atoms with Crippen molar-refractivity contribution in [3.63, 3.8) is 0 Å². The van der Waals surface area contributed by atoms with Crippen molar-refractivity contribution in [2.75, 3.05) is 26.2 Å². The van der Waals surface area contributed by atoms with E-state index in [9.17, 15) is 18.0 Å². The van der Waals surface area contributed by atoms with Crippen LogP contribution in [0, 0.1) is 0 Å². The van der Waals surface area contributed by atoms with E-state index in [-0.39, 0.29) is 6.61 Å². The van der Waals surface area contributed by atoms with Gasteiger partial charge in [0.25, 0.3) is 0 Å². The maximum Gasteiger partial charge on any atom is 0.410 e. The molecule has 0 aliphatic carbocycles. The number of rotatable bonds is 1. The Morgan fingerprint density at radius 2 is 2.00 bits per heavy atom. The van der Waals surface area contributed by atoms with Crippen LogP contribution in [0.25, 0.3) is 0 Å². The molecule has 4 nitrogen and oxygen atoms in total. The number of hydrogen-bond acceptors (Lipinski definition) is 3. The van der Waals surface area contributed by atoms with Gasteiger partial charge in [-0.1, -0.05) is 0 Å². The summed E-state index contributed by atoms with van der Waals surface area (Å²) in [6.45, 7) is 0.0887. The highest BCUT2D eigenvalue weighted by Gasteiger charge is 2.51. The van der Waals surface area contributed by atoms with Gasteiger partial charge in [-0.25, -0.2) is 4.79 Å². The molecule has 16 heavy (non-hydrogen) atoms. The van der Waals surface area contributed by atoms with Crippen LogP contribution < -0.4 is 5.32 Å². The number of cyclic esters (lactones) is 1. The average Bonchev–Trinajstić information content (AvgIpc) is 2.47. The molecule has 0 unspecified atom stereocenters. The van der Waals surface area contributed by atoms with Gasteiger partial charge < -0.3 is 10.1 Å². The van der Waals surface area contributed by atoms with E-state index < -0.39 is 24.4 Å². The van der Waals surface area contributed by atoms with Crippen LogP contribution in [0.4, 0.5) is 18.0 Å². The Bertz CT molecular complexity index is 287. The summed E-state index contributed by atoms with van der Waals surface area (Å²) in [4.78, 5) is 12.1. The van der Waals surface area contributed by atoms with E-state index in [0.29, 0.717) is 25.9 Å². The van der Waals surface area contributed by atoms with Gasteiger partial charge in [0.05, 0.1) is 5.54 Å². The summed E-state index contributed by atoms with van der Waals surface area (Å²) >= 11 is 0. The lowest BCUT2D eigenvalue weighted by Crippen LogP contribution is -2.55. The van der Waals surface area contributed by atoms with E-state index in [4.69, 9.17) is 4.74 Å². The van der Waals surface area contributed by atoms with E-state index in [1.54, 1.807) is 0 Å². The fourth-order valence-corrected chi connectivity index (χ4v) is 2.26. The van der Waals surface area contributed by atoms with Gasteiger partial charge in [-0.05, 0) is 25.9 Å². The Morgan fingerprint density at radius 1 is 1.38 bits per heavy atom. The molecule has 92 valence electrons. The topological polar surface area (TPSA) is 41.6 Å². The van der Waals surface area contributed by atoms with Crippen LogP contribution >= 0.6 is 0 Å². The molecule has 7 heteroatoms. The molecule has 0 aromatic heterocycles. The Morgan fingerprint density at radius 3 is 2.56 bits per heavy atom. The molecule has 0 aromatic rings. The lowest BCUT2D eigenvalue weighted by atomic mass is 9.88. The Balaban J connectivity index is 2.14. The van der Waals surface area contributed by atoms with Gasteiger partial charge in [-0.15, -0.1) is 0 Å². The van der Waals surface area contributed by atoms with Crippen molar-refractivity contribution >= 4 is 6.09 Å². The van der Waals surface area contributed by atoms with E-state index >= 15 is 0 Å². The number of alkyl halides is 3. The Hall–Kier alpha value is -0.980. The molecule has 0 bridgehead atoms.